The van der Waals surface area contributed by atoms with E-state index in [9.17, 15) is 14.9 Å². The van der Waals surface area contributed by atoms with Crippen molar-refractivity contribution in [3.8, 4) is 11.3 Å². The maximum absolute atomic E-state index is 12.4. The van der Waals surface area contributed by atoms with Crippen LogP contribution in [-0.2, 0) is 0 Å². The summed E-state index contributed by atoms with van der Waals surface area (Å²) in [5.74, 6) is -0.650. The van der Waals surface area contributed by atoms with Crippen molar-refractivity contribution in [1.29, 1.82) is 0 Å². The number of rotatable bonds is 4. The second-order valence-electron chi connectivity index (χ2n) is 5.04. The second-order valence-corrected chi connectivity index (χ2v) is 7.15. The number of amides is 1. The van der Waals surface area contributed by atoms with Crippen molar-refractivity contribution < 1.29 is 9.72 Å². The zero-order chi connectivity index (χ0) is 18.8. The van der Waals surface area contributed by atoms with E-state index in [1.165, 1.54) is 23.5 Å². The van der Waals surface area contributed by atoms with Gasteiger partial charge in [-0.3, -0.25) is 20.2 Å². The van der Waals surface area contributed by atoms with Gasteiger partial charge in [0, 0.05) is 22.0 Å². The Hall–Kier alpha value is -2.19. The molecule has 0 aliphatic rings. The Bertz CT molecular complexity index is 1020. The van der Waals surface area contributed by atoms with Crippen LogP contribution in [0.5, 0.6) is 0 Å². The van der Waals surface area contributed by atoms with Crippen LogP contribution in [0.2, 0.25) is 15.1 Å². The van der Waals surface area contributed by atoms with Gasteiger partial charge in [-0.2, -0.15) is 0 Å². The van der Waals surface area contributed by atoms with Gasteiger partial charge in [-0.1, -0.05) is 40.9 Å². The molecule has 132 valence electrons. The molecule has 0 unspecified atom stereocenters. The summed E-state index contributed by atoms with van der Waals surface area (Å²) >= 11 is 18.8. The molecule has 6 nitrogen and oxygen atoms in total. The number of aromatic nitrogens is 1. The Balaban J connectivity index is 1.84. The van der Waals surface area contributed by atoms with E-state index in [-0.39, 0.29) is 16.3 Å². The van der Waals surface area contributed by atoms with Crippen LogP contribution in [0.3, 0.4) is 0 Å². The fourth-order valence-electron chi connectivity index (χ4n) is 2.13. The Labute approximate surface area is 166 Å². The van der Waals surface area contributed by atoms with Crippen LogP contribution < -0.4 is 5.32 Å². The summed E-state index contributed by atoms with van der Waals surface area (Å²) in [6, 6.07) is 8.89. The Kier molecular flexibility index (Phi) is 5.43. The van der Waals surface area contributed by atoms with Crippen molar-refractivity contribution in [2.75, 3.05) is 5.32 Å². The summed E-state index contributed by atoms with van der Waals surface area (Å²) < 4.78 is 0. The molecule has 3 aromatic rings. The van der Waals surface area contributed by atoms with E-state index in [0.29, 0.717) is 20.9 Å². The number of hydrogen-bond acceptors (Lipinski definition) is 5. The van der Waals surface area contributed by atoms with Crippen molar-refractivity contribution in [3.05, 3.63) is 72.5 Å². The topological polar surface area (TPSA) is 85.1 Å². The zero-order valence-corrected chi connectivity index (χ0v) is 15.8. The van der Waals surface area contributed by atoms with E-state index in [2.05, 4.69) is 10.3 Å². The fourth-order valence-corrected chi connectivity index (χ4v) is 3.31. The molecule has 0 fully saturated rings. The van der Waals surface area contributed by atoms with E-state index >= 15 is 0 Å². The maximum atomic E-state index is 12.4. The molecular weight excluding hydrogens is 421 g/mol. The SMILES string of the molecule is O=C(Nc1nc(-c2ccc(Cl)c(Cl)c2)cs1)c1ccc(Cl)cc1[N+](=O)[O-]. The fraction of sp³-hybridized carbons (Fsp3) is 0. The molecule has 10 heteroatoms. The number of hydrogen-bond donors (Lipinski definition) is 1. The van der Waals surface area contributed by atoms with Crippen LogP contribution >= 0.6 is 46.1 Å². The van der Waals surface area contributed by atoms with Gasteiger partial charge in [0.2, 0.25) is 0 Å². The highest BCUT2D eigenvalue weighted by Gasteiger charge is 2.21. The van der Waals surface area contributed by atoms with Crippen LogP contribution in [0.15, 0.2) is 41.8 Å². The van der Waals surface area contributed by atoms with Crippen molar-refractivity contribution in [2.45, 2.75) is 0 Å². The summed E-state index contributed by atoms with van der Waals surface area (Å²) in [5.41, 5.74) is 0.838. The first-order valence-corrected chi connectivity index (χ1v) is 9.03. The van der Waals surface area contributed by atoms with Crippen molar-refractivity contribution >= 4 is 62.9 Å². The number of thiazole rings is 1. The molecule has 0 saturated heterocycles. The molecule has 3 rings (SSSR count). The molecule has 0 aliphatic heterocycles. The predicted octanol–water partition coefficient (Wildman–Crippen LogP) is 5.93. The Morgan fingerprint density at radius 1 is 1.12 bits per heavy atom. The molecule has 1 amide bonds. The number of halogens is 3. The van der Waals surface area contributed by atoms with Crippen molar-refractivity contribution in [1.82, 2.24) is 4.98 Å². The van der Waals surface area contributed by atoms with Gasteiger partial charge in [0.15, 0.2) is 5.13 Å². The largest absolute Gasteiger partial charge is 0.298 e. The molecule has 0 aliphatic carbocycles. The third kappa shape index (κ3) is 3.96. The minimum atomic E-state index is -0.663. The number of benzene rings is 2. The van der Waals surface area contributed by atoms with Gasteiger partial charge in [-0.15, -0.1) is 11.3 Å². The van der Waals surface area contributed by atoms with E-state index in [4.69, 9.17) is 34.8 Å². The molecule has 1 heterocycles. The first-order chi connectivity index (χ1) is 12.3. The highest BCUT2D eigenvalue weighted by molar-refractivity contribution is 7.14. The summed E-state index contributed by atoms with van der Waals surface area (Å²) in [5, 5.41) is 16.7. The number of nitro groups is 1. The third-order valence-electron chi connectivity index (χ3n) is 3.34. The number of anilines is 1. The number of nitrogens with one attached hydrogen (secondary N) is 1. The second kappa shape index (κ2) is 7.59. The molecule has 0 radical (unpaired) electrons. The molecule has 2 aromatic carbocycles. The smallest absolute Gasteiger partial charge is 0.283 e. The van der Waals surface area contributed by atoms with E-state index < -0.39 is 10.8 Å². The van der Waals surface area contributed by atoms with Gasteiger partial charge in [0.1, 0.15) is 5.56 Å². The highest BCUT2D eigenvalue weighted by Crippen LogP contribution is 2.31. The van der Waals surface area contributed by atoms with Gasteiger partial charge >= 0.3 is 0 Å². The van der Waals surface area contributed by atoms with Gasteiger partial charge < -0.3 is 0 Å². The van der Waals surface area contributed by atoms with Crippen LogP contribution in [-0.4, -0.2) is 15.8 Å². The van der Waals surface area contributed by atoms with Gasteiger partial charge in [0.05, 0.1) is 20.7 Å². The average Bonchev–Trinajstić information content (AvgIpc) is 3.05. The van der Waals surface area contributed by atoms with E-state index in [1.807, 2.05) is 0 Å². The molecule has 1 N–H and O–H groups in total. The standard InChI is InChI=1S/C16H8Cl3N3O3S/c17-9-2-3-10(14(6-9)22(24)25)15(23)21-16-20-13(7-26-16)8-1-4-11(18)12(19)5-8/h1-7H,(H,20,21,23). The predicted molar refractivity (Wildman–Crippen MR) is 104 cm³/mol. The minimum absolute atomic E-state index is 0.106. The molecule has 0 spiro atoms. The number of nitrogens with zero attached hydrogens (tertiary/aromatic N) is 2. The minimum Gasteiger partial charge on any atom is -0.298 e. The normalized spacial score (nSPS) is 10.6. The van der Waals surface area contributed by atoms with Crippen LogP contribution in [0.25, 0.3) is 11.3 Å². The first kappa shape index (κ1) is 18.6. The van der Waals surface area contributed by atoms with Crippen molar-refractivity contribution in [2.24, 2.45) is 0 Å². The van der Waals surface area contributed by atoms with E-state index in [1.54, 1.807) is 23.6 Å². The highest BCUT2D eigenvalue weighted by atomic mass is 35.5. The first-order valence-electron chi connectivity index (χ1n) is 7.01. The molecule has 26 heavy (non-hydrogen) atoms. The third-order valence-corrected chi connectivity index (χ3v) is 5.07. The summed E-state index contributed by atoms with van der Waals surface area (Å²) in [7, 11) is 0. The number of carbonyl (C=O) groups is 1. The lowest BCUT2D eigenvalue weighted by atomic mass is 10.1. The van der Waals surface area contributed by atoms with Gasteiger partial charge in [-0.05, 0) is 24.3 Å². The molecule has 0 bridgehead atoms. The van der Waals surface area contributed by atoms with Crippen molar-refractivity contribution in [3.63, 3.8) is 0 Å². The summed E-state index contributed by atoms with van der Waals surface area (Å²) in [6.45, 7) is 0. The lowest BCUT2D eigenvalue weighted by Crippen LogP contribution is -2.13. The van der Waals surface area contributed by atoms with Gasteiger partial charge in [-0.25, -0.2) is 4.98 Å². The molecule has 1 aromatic heterocycles. The molecule has 0 saturated carbocycles. The zero-order valence-electron chi connectivity index (χ0n) is 12.7. The van der Waals surface area contributed by atoms with Crippen LogP contribution in [0.4, 0.5) is 10.8 Å². The summed E-state index contributed by atoms with van der Waals surface area (Å²) in [4.78, 5) is 27.1. The van der Waals surface area contributed by atoms with Crippen LogP contribution in [0.1, 0.15) is 10.4 Å². The van der Waals surface area contributed by atoms with Crippen LogP contribution in [0, 0.1) is 10.1 Å². The Morgan fingerprint density at radius 2 is 1.88 bits per heavy atom. The monoisotopic (exact) mass is 427 g/mol. The van der Waals surface area contributed by atoms with E-state index in [0.717, 1.165) is 11.6 Å². The number of carbonyl (C=O) groups excluding carboxylic acids is 1. The lowest BCUT2D eigenvalue weighted by molar-refractivity contribution is -0.385. The average molecular weight is 429 g/mol. The number of nitro benzene ring substituents is 1. The van der Waals surface area contributed by atoms with Gasteiger partial charge in [0.25, 0.3) is 11.6 Å². The maximum Gasteiger partial charge on any atom is 0.283 e. The lowest BCUT2D eigenvalue weighted by Gasteiger charge is -2.03. The quantitative estimate of drug-likeness (QED) is 0.412. The molecular formula is C16H8Cl3N3O3S. The summed E-state index contributed by atoms with van der Waals surface area (Å²) in [6.07, 6.45) is 0. The molecule has 0 atom stereocenters. The Morgan fingerprint density at radius 3 is 2.58 bits per heavy atom.